The molecule has 6 nitrogen and oxygen atoms in total. The Labute approximate surface area is 170 Å². The highest BCUT2D eigenvalue weighted by Crippen LogP contribution is 2.58. The van der Waals surface area contributed by atoms with Crippen LogP contribution in [0.2, 0.25) is 0 Å². The van der Waals surface area contributed by atoms with Crippen molar-refractivity contribution >= 4 is 0 Å². The Hall–Kier alpha value is -0.240. The Bertz CT molecular complexity index is 623. The molecule has 3 saturated carbocycles. The zero-order chi connectivity index (χ0) is 19.1. The van der Waals surface area contributed by atoms with Gasteiger partial charge in [0, 0.05) is 61.2 Å². The number of nitrogens with two attached hydrogens (primary N) is 1. The highest BCUT2D eigenvalue weighted by atomic mass is 15.6. The quantitative estimate of drug-likeness (QED) is 0.631. The van der Waals surface area contributed by atoms with E-state index in [9.17, 15) is 0 Å². The van der Waals surface area contributed by atoms with Crippen molar-refractivity contribution in [2.75, 3.05) is 46.3 Å². The van der Waals surface area contributed by atoms with E-state index in [0.29, 0.717) is 16.9 Å². The monoisotopic (exact) mass is 388 g/mol. The van der Waals surface area contributed by atoms with Crippen molar-refractivity contribution in [1.82, 2.24) is 25.8 Å². The summed E-state index contributed by atoms with van der Waals surface area (Å²) in [4.78, 5) is 2.52. The van der Waals surface area contributed by atoms with Crippen LogP contribution in [-0.4, -0.2) is 78.9 Å². The molecule has 0 aromatic heterocycles. The predicted octanol–water partition coefficient (Wildman–Crippen LogP) is 1.00. The van der Waals surface area contributed by atoms with Gasteiger partial charge in [-0.25, -0.2) is 10.0 Å². The van der Waals surface area contributed by atoms with Crippen LogP contribution in [0.15, 0.2) is 0 Å². The Morgan fingerprint density at radius 1 is 0.964 bits per heavy atom. The molecule has 0 aromatic carbocycles. The fourth-order valence-corrected chi connectivity index (χ4v) is 6.87. The van der Waals surface area contributed by atoms with Gasteiger partial charge in [0.15, 0.2) is 0 Å². The summed E-state index contributed by atoms with van der Waals surface area (Å²) in [7, 11) is 2.28. The van der Waals surface area contributed by atoms with Crippen LogP contribution < -0.4 is 16.6 Å². The molecule has 158 valence electrons. The number of hydrazine groups is 2. The standard InChI is InChI=1S/C22H40N6/c1-20(23)13-28(15-22(20)6-7-22)24-18-11-21(18)8-10-27(14-21)25-19(16-3-4-16)17-5-9-26(2)12-17/h16-19,24-25H,3-15,23H2,1-2H3. The molecule has 6 fully saturated rings. The maximum Gasteiger partial charge on any atom is 0.0338 e. The Balaban J connectivity index is 1.03. The molecule has 6 aliphatic rings. The van der Waals surface area contributed by atoms with E-state index >= 15 is 0 Å². The second kappa shape index (κ2) is 6.14. The van der Waals surface area contributed by atoms with Gasteiger partial charge >= 0.3 is 0 Å². The Morgan fingerprint density at radius 3 is 2.43 bits per heavy atom. The van der Waals surface area contributed by atoms with Gasteiger partial charge in [-0.2, -0.15) is 0 Å². The summed E-state index contributed by atoms with van der Waals surface area (Å²) in [6, 6.07) is 1.39. The van der Waals surface area contributed by atoms with Crippen LogP contribution in [0.5, 0.6) is 0 Å². The van der Waals surface area contributed by atoms with Crippen molar-refractivity contribution in [3.63, 3.8) is 0 Å². The number of nitrogens with zero attached hydrogens (tertiary/aromatic N) is 3. The largest absolute Gasteiger partial charge is 0.324 e. The van der Waals surface area contributed by atoms with Gasteiger partial charge in [-0.05, 0) is 77.3 Å². The number of hydrogen-bond acceptors (Lipinski definition) is 6. The lowest BCUT2D eigenvalue weighted by molar-refractivity contribution is 0.138. The van der Waals surface area contributed by atoms with E-state index in [-0.39, 0.29) is 5.54 Å². The molecule has 0 aromatic rings. The Morgan fingerprint density at radius 2 is 1.79 bits per heavy atom. The van der Waals surface area contributed by atoms with Crippen molar-refractivity contribution in [3.8, 4) is 0 Å². The SMILES string of the molecule is CN1CCC(C(NN2CCC3(CC3NN3CC(C)(N)C4(CC4)C3)C2)C2CC2)C1. The smallest absolute Gasteiger partial charge is 0.0338 e. The summed E-state index contributed by atoms with van der Waals surface area (Å²) in [6.07, 6.45) is 9.59. The molecule has 0 amide bonds. The average molecular weight is 389 g/mol. The first-order valence-corrected chi connectivity index (χ1v) is 11.9. The lowest BCUT2D eigenvalue weighted by Gasteiger charge is -2.30. The minimum Gasteiger partial charge on any atom is -0.324 e. The van der Waals surface area contributed by atoms with E-state index in [0.717, 1.165) is 31.0 Å². The van der Waals surface area contributed by atoms with Gasteiger partial charge in [0.1, 0.15) is 0 Å². The van der Waals surface area contributed by atoms with E-state index in [1.165, 1.54) is 71.1 Å². The topological polar surface area (TPSA) is 59.8 Å². The first-order valence-electron chi connectivity index (χ1n) is 11.9. The van der Waals surface area contributed by atoms with Crippen molar-refractivity contribution in [1.29, 1.82) is 0 Å². The van der Waals surface area contributed by atoms with Crippen LogP contribution in [0.1, 0.15) is 51.9 Å². The highest BCUT2D eigenvalue weighted by Gasteiger charge is 2.63. The molecule has 0 radical (unpaired) electrons. The van der Waals surface area contributed by atoms with Crippen molar-refractivity contribution in [2.45, 2.75) is 69.5 Å². The van der Waals surface area contributed by atoms with Crippen LogP contribution in [0.4, 0.5) is 0 Å². The minimum absolute atomic E-state index is 0.00273. The lowest BCUT2D eigenvalue weighted by Crippen LogP contribution is -2.49. The van der Waals surface area contributed by atoms with Gasteiger partial charge in [-0.15, -0.1) is 0 Å². The van der Waals surface area contributed by atoms with Gasteiger partial charge in [-0.1, -0.05) is 0 Å². The van der Waals surface area contributed by atoms with E-state index in [4.69, 9.17) is 5.73 Å². The van der Waals surface area contributed by atoms with Crippen molar-refractivity contribution in [3.05, 3.63) is 0 Å². The summed E-state index contributed by atoms with van der Waals surface area (Å²) in [6.45, 7) is 9.46. The third-order valence-corrected chi connectivity index (χ3v) is 9.39. The van der Waals surface area contributed by atoms with Crippen LogP contribution in [0, 0.1) is 22.7 Å². The molecule has 6 rings (SSSR count). The van der Waals surface area contributed by atoms with Crippen LogP contribution in [0.25, 0.3) is 0 Å². The fraction of sp³-hybridized carbons (Fsp3) is 1.00. The van der Waals surface area contributed by atoms with Gasteiger partial charge in [0.05, 0.1) is 0 Å². The molecule has 28 heavy (non-hydrogen) atoms. The molecule has 5 unspecified atom stereocenters. The molecule has 6 heteroatoms. The molecule has 3 aliphatic heterocycles. The summed E-state index contributed by atoms with van der Waals surface area (Å²) in [5.74, 6) is 1.78. The second-order valence-electron chi connectivity index (χ2n) is 11.8. The third-order valence-electron chi connectivity index (χ3n) is 9.39. The molecule has 3 saturated heterocycles. The first-order chi connectivity index (χ1) is 13.4. The van der Waals surface area contributed by atoms with Crippen molar-refractivity contribution in [2.24, 2.45) is 28.4 Å². The van der Waals surface area contributed by atoms with E-state index in [2.05, 4.69) is 39.7 Å². The van der Waals surface area contributed by atoms with Gasteiger partial charge in [-0.3, -0.25) is 10.9 Å². The third kappa shape index (κ3) is 3.07. The average Bonchev–Trinajstić information content (AvgIpc) is 3.56. The van der Waals surface area contributed by atoms with Gasteiger partial charge < -0.3 is 10.6 Å². The number of hydrogen-bond donors (Lipinski definition) is 3. The summed E-state index contributed by atoms with van der Waals surface area (Å²) in [5.41, 5.74) is 15.5. The number of likely N-dealkylation sites (tertiary alicyclic amines) is 1. The Kier molecular flexibility index (Phi) is 4.06. The minimum atomic E-state index is -0.00273. The van der Waals surface area contributed by atoms with E-state index in [1.54, 1.807) is 0 Å². The normalized spacial score (nSPS) is 46.8. The lowest BCUT2D eigenvalue weighted by atomic mass is 9.87. The molecule has 0 bridgehead atoms. The molecule has 2 spiro atoms. The molecule has 3 aliphatic carbocycles. The van der Waals surface area contributed by atoms with Gasteiger partial charge in [0.25, 0.3) is 0 Å². The first kappa shape index (κ1) is 18.5. The summed E-state index contributed by atoms with van der Waals surface area (Å²) < 4.78 is 0. The van der Waals surface area contributed by atoms with Crippen LogP contribution in [-0.2, 0) is 0 Å². The molecular weight excluding hydrogens is 348 g/mol. The fourth-order valence-electron chi connectivity index (χ4n) is 6.87. The maximum atomic E-state index is 6.63. The maximum absolute atomic E-state index is 6.63. The van der Waals surface area contributed by atoms with E-state index < -0.39 is 0 Å². The van der Waals surface area contributed by atoms with Crippen LogP contribution >= 0.6 is 0 Å². The van der Waals surface area contributed by atoms with E-state index in [1.807, 2.05) is 0 Å². The van der Waals surface area contributed by atoms with Crippen LogP contribution in [0.3, 0.4) is 0 Å². The molecular formula is C22H40N6. The highest BCUT2D eigenvalue weighted by molar-refractivity contribution is 5.17. The number of rotatable bonds is 6. The molecule has 5 atom stereocenters. The van der Waals surface area contributed by atoms with Gasteiger partial charge in [0.2, 0.25) is 0 Å². The molecule has 4 N–H and O–H groups in total. The summed E-state index contributed by atoms with van der Waals surface area (Å²) >= 11 is 0. The predicted molar refractivity (Wildman–Crippen MR) is 111 cm³/mol. The van der Waals surface area contributed by atoms with Crippen molar-refractivity contribution < 1.29 is 0 Å². The zero-order valence-corrected chi connectivity index (χ0v) is 17.9. The second-order valence-corrected chi connectivity index (χ2v) is 11.8. The number of nitrogens with one attached hydrogen (secondary N) is 2. The zero-order valence-electron chi connectivity index (χ0n) is 17.9. The summed E-state index contributed by atoms with van der Waals surface area (Å²) in [5, 5.41) is 5.08. The molecule has 3 heterocycles.